The highest BCUT2D eigenvalue weighted by atomic mass is 32.1. The van der Waals surface area contributed by atoms with E-state index in [0.717, 1.165) is 4.70 Å². The zero-order valence-electron chi connectivity index (χ0n) is 18.2. The maximum absolute atomic E-state index is 13.2. The molecular formula is C24H17N3O6S2. The first-order chi connectivity index (χ1) is 16.9. The Bertz CT molecular complexity index is 1490. The summed E-state index contributed by atoms with van der Waals surface area (Å²) in [5, 5.41) is 24.2. The first-order valence-corrected chi connectivity index (χ1v) is 12.2. The van der Waals surface area contributed by atoms with Crippen molar-refractivity contribution in [1.82, 2.24) is 4.98 Å². The van der Waals surface area contributed by atoms with Crippen LogP contribution in [-0.4, -0.2) is 33.3 Å². The Labute approximate surface area is 206 Å². The van der Waals surface area contributed by atoms with Crippen molar-refractivity contribution in [2.45, 2.75) is 13.0 Å². The fraction of sp³-hybridized carbons (Fsp3) is 0.125. The van der Waals surface area contributed by atoms with E-state index in [9.17, 15) is 24.8 Å². The first kappa shape index (κ1) is 22.7. The Kier molecular flexibility index (Phi) is 5.79. The van der Waals surface area contributed by atoms with Gasteiger partial charge in [-0.1, -0.05) is 17.4 Å². The molecule has 1 aliphatic rings. The highest BCUT2D eigenvalue weighted by Crippen LogP contribution is 2.45. The minimum absolute atomic E-state index is 0.0967. The number of nitrogens with zero attached hydrogens (tertiary/aromatic N) is 3. The number of aliphatic hydroxyl groups is 1. The molecular weight excluding hydrogens is 490 g/mol. The summed E-state index contributed by atoms with van der Waals surface area (Å²) >= 11 is 2.58. The van der Waals surface area contributed by atoms with Gasteiger partial charge in [0.05, 0.1) is 27.3 Å². The number of thiophene rings is 1. The topological polar surface area (TPSA) is 123 Å². The van der Waals surface area contributed by atoms with Gasteiger partial charge >= 0.3 is 5.91 Å². The van der Waals surface area contributed by atoms with Crippen molar-refractivity contribution in [3.63, 3.8) is 0 Å². The van der Waals surface area contributed by atoms with E-state index in [2.05, 4.69) is 4.98 Å². The van der Waals surface area contributed by atoms with E-state index in [4.69, 9.17) is 4.74 Å². The fourth-order valence-electron chi connectivity index (χ4n) is 3.89. The van der Waals surface area contributed by atoms with Gasteiger partial charge in [0.2, 0.25) is 0 Å². The standard InChI is InChI=1S/C24H17N3O6S2/c1-2-33-15-9-10-16-18(12-15)35-24(25-16)26-20(17-4-3-11-34-17)19(22(29)23(26)30)21(28)13-5-7-14(8-6-13)27(31)32/h3-12,20,28H,2H2,1H3/b21-19+. The van der Waals surface area contributed by atoms with Crippen molar-refractivity contribution < 1.29 is 24.4 Å². The van der Waals surface area contributed by atoms with E-state index in [0.29, 0.717) is 27.9 Å². The maximum atomic E-state index is 13.2. The molecule has 0 bridgehead atoms. The summed E-state index contributed by atoms with van der Waals surface area (Å²) in [7, 11) is 0. The van der Waals surface area contributed by atoms with Gasteiger partial charge in [-0.05, 0) is 48.7 Å². The van der Waals surface area contributed by atoms with E-state index in [1.165, 1.54) is 51.8 Å². The Balaban J connectivity index is 1.64. The molecule has 5 rings (SSSR count). The Morgan fingerprint density at radius 2 is 1.97 bits per heavy atom. The number of nitro groups is 1. The molecule has 1 amide bonds. The minimum atomic E-state index is -0.892. The van der Waals surface area contributed by atoms with Crippen LogP contribution in [0.15, 0.2) is 65.6 Å². The molecule has 1 fully saturated rings. The Hall–Kier alpha value is -4.09. The highest BCUT2D eigenvalue weighted by molar-refractivity contribution is 7.22. The fourth-order valence-corrected chi connectivity index (χ4v) is 5.74. The molecule has 0 saturated carbocycles. The van der Waals surface area contributed by atoms with Gasteiger partial charge in [-0.3, -0.25) is 24.6 Å². The molecule has 35 heavy (non-hydrogen) atoms. The lowest BCUT2D eigenvalue weighted by Gasteiger charge is -2.21. The second-order valence-electron chi connectivity index (χ2n) is 7.55. The molecule has 1 N–H and O–H groups in total. The van der Waals surface area contributed by atoms with Gasteiger partial charge in [0.1, 0.15) is 17.6 Å². The smallest absolute Gasteiger partial charge is 0.301 e. The summed E-state index contributed by atoms with van der Waals surface area (Å²) in [5.41, 5.74) is 0.592. The van der Waals surface area contributed by atoms with Crippen LogP contribution in [0.1, 0.15) is 23.4 Å². The van der Waals surface area contributed by atoms with E-state index in [1.54, 1.807) is 24.3 Å². The lowest BCUT2D eigenvalue weighted by atomic mass is 10.00. The summed E-state index contributed by atoms with van der Waals surface area (Å²) in [4.78, 5) is 43.4. The van der Waals surface area contributed by atoms with Crippen LogP contribution >= 0.6 is 22.7 Å². The predicted octanol–water partition coefficient (Wildman–Crippen LogP) is 5.29. The summed E-state index contributed by atoms with van der Waals surface area (Å²) < 4.78 is 6.34. The number of Topliss-reactive ketones (excluding diaryl/α,β-unsaturated/α-hetero) is 1. The van der Waals surface area contributed by atoms with Crippen molar-refractivity contribution >= 4 is 61.2 Å². The molecule has 0 radical (unpaired) electrons. The first-order valence-electron chi connectivity index (χ1n) is 10.5. The third-order valence-electron chi connectivity index (χ3n) is 5.47. The van der Waals surface area contributed by atoms with Crippen LogP contribution in [0.5, 0.6) is 5.75 Å². The van der Waals surface area contributed by atoms with Gasteiger partial charge in [0.25, 0.3) is 11.5 Å². The van der Waals surface area contributed by atoms with Crippen LogP contribution < -0.4 is 9.64 Å². The SMILES string of the molecule is CCOc1ccc2nc(N3C(=O)C(=O)/C(=C(/O)c4ccc([N+](=O)[O-])cc4)C3c3cccs3)sc2c1. The zero-order chi connectivity index (χ0) is 24.7. The molecule has 9 nitrogen and oxygen atoms in total. The van der Waals surface area contributed by atoms with Gasteiger partial charge < -0.3 is 9.84 Å². The molecule has 0 spiro atoms. The van der Waals surface area contributed by atoms with Crippen LogP contribution in [0.25, 0.3) is 16.0 Å². The maximum Gasteiger partial charge on any atom is 0.301 e. The number of carbonyl (C=O) groups is 2. The molecule has 4 aromatic rings. The molecule has 2 aromatic carbocycles. The normalized spacial score (nSPS) is 17.3. The van der Waals surface area contributed by atoms with Crippen molar-refractivity contribution in [2.75, 3.05) is 11.5 Å². The number of amides is 1. The van der Waals surface area contributed by atoms with Crippen LogP contribution in [0, 0.1) is 10.1 Å². The Morgan fingerprint density at radius 1 is 1.20 bits per heavy atom. The van der Waals surface area contributed by atoms with Crippen molar-refractivity contribution in [3.05, 3.63) is 86.1 Å². The number of nitro benzene ring substituents is 1. The monoisotopic (exact) mass is 507 g/mol. The number of hydrogen-bond donors (Lipinski definition) is 1. The molecule has 176 valence electrons. The molecule has 11 heteroatoms. The van der Waals surface area contributed by atoms with Gasteiger partial charge in [-0.2, -0.15) is 0 Å². The van der Waals surface area contributed by atoms with E-state index in [-0.39, 0.29) is 16.8 Å². The average Bonchev–Trinajstić information content (AvgIpc) is 3.57. The number of anilines is 1. The van der Waals surface area contributed by atoms with Gasteiger partial charge in [0, 0.05) is 22.6 Å². The minimum Gasteiger partial charge on any atom is -0.507 e. The van der Waals surface area contributed by atoms with Crippen LogP contribution in [0.4, 0.5) is 10.8 Å². The number of rotatable bonds is 6. The number of aliphatic hydroxyl groups excluding tert-OH is 1. The molecule has 0 aliphatic carbocycles. The van der Waals surface area contributed by atoms with Crippen molar-refractivity contribution in [3.8, 4) is 5.75 Å². The third kappa shape index (κ3) is 3.94. The molecule has 1 atom stereocenters. The lowest BCUT2D eigenvalue weighted by Crippen LogP contribution is -2.28. The second kappa shape index (κ2) is 8.93. The number of benzene rings is 2. The number of thiazole rings is 1. The van der Waals surface area contributed by atoms with Gasteiger partial charge in [-0.25, -0.2) is 4.98 Å². The number of carbonyl (C=O) groups excluding carboxylic acids is 2. The number of aromatic nitrogens is 1. The number of non-ortho nitro benzene ring substituents is 1. The predicted molar refractivity (Wildman–Crippen MR) is 133 cm³/mol. The number of ether oxygens (including phenoxy) is 1. The van der Waals surface area contributed by atoms with E-state index in [1.807, 2.05) is 18.4 Å². The van der Waals surface area contributed by atoms with Gasteiger partial charge in [-0.15, -0.1) is 11.3 Å². The quantitative estimate of drug-likeness (QED) is 0.124. The van der Waals surface area contributed by atoms with Crippen LogP contribution in [0.3, 0.4) is 0 Å². The lowest BCUT2D eigenvalue weighted by molar-refractivity contribution is -0.384. The third-order valence-corrected chi connectivity index (χ3v) is 7.42. The molecule has 2 aromatic heterocycles. The van der Waals surface area contributed by atoms with Crippen LogP contribution in [-0.2, 0) is 9.59 Å². The van der Waals surface area contributed by atoms with Crippen LogP contribution in [0.2, 0.25) is 0 Å². The summed E-state index contributed by atoms with van der Waals surface area (Å²) in [6.45, 7) is 2.39. The highest BCUT2D eigenvalue weighted by Gasteiger charge is 2.48. The molecule has 3 heterocycles. The van der Waals surface area contributed by atoms with Crippen molar-refractivity contribution in [1.29, 1.82) is 0 Å². The summed E-state index contributed by atoms with van der Waals surface area (Å²) in [6.07, 6.45) is 0. The molecule has 1 saturated heterocycles. The van der Waals surface area contributed by atoms with Crippen molar-refractivity contribution in [2.24, 2.45) is 0 Å². The zero-order valence-corrected chi connectivity index (χ0v) is 19.8. The van der Waals surface area contributed by atoms with E-state index < -0.39 is 28.4 Å². The van der Waals surface area contributed by atoms with Gasteiger partial charge in [0.15, 0.2) is 5.13 Å². The number of ketones is 1. The van der Waals surface area contributed by atoms with E-state index >= 15 is 0 Å². The largest absolute Gasteiger partial charge is 0.507 e. The summed E-state index contributed by atoms with van der Waals surface area (Å²) in [5.74, 6) is -1.39. The Morgan fingerprint density at radius 3 is 2.63 bits per heavy atom. The average molecular weight is 508 g/mol. The molecule has 1 unspecified atom stereocenters. The summed E-state index contributed by atoms with van der Waals surface area (Å²) in [6, 6.07) is 13.2. The number of hydrogen-bond acceptors (Lipinski definition) is 9. The second-order valence-corrected chi connectivity index (χ2v) is 9.54. The number of fused-ring (bicyclic) bond motifs is 1. The molecule has 1 aliphatic heterocycles.